The molecule has 0 heterocycles. The maximum atomic E-state index is 13.2. The number of aromatic hydroxyl groups is 1. The molecule has 0 bridgehead atoms. The maximum Gasteiger partial charge on any atom is 0.187 e. The highest BCUT2D eigenvalue weighted by molar-refractivity contribution is 6.30. The van der Waals surface area contributed by atoms with Gasteiger partial charge in [-0.15, -0.1) is 0 Å². The Kier molecular flexibility index (Phi) is 3.90. The monoisotopic (exact) mass is 283 g/mol. The highest BCUT2D eigenvalue weighted by atomic mass is 35.5. The van der Waals surface area contributed by atoms with Gasteiger partial charge in [-0.1, -0.05) is 11.6 Å². The van der Waals surface area contributed by atoms with Crippen molar-refractivity contribution in [1.29, 1.82) is 0 Å². The van der Waals surface area contributed by atoms with E-state index in [1.54, 1.807) is 18.2 Å². The number of phenolic OH excluding ortho intramolecular Hbond substituents is 1. The van der Waals surface area contributed by atoms with Gasteiger partial charge in [-0.25, -0.2) is 8.78 Å². The fourth-order valence-corrected chi connectivity index (χ4v) is 1.97. The van der Waals surface area contributed by atoms with Gasteiger partial charge in [-0.2, -0.15) is 0 Å². The average Bonchev–Trinajstić information content (AvgIpc) is 2.34. The number of phenols is 1. The summed E-state index contributed by atoms with van der Waals surface area (Å²) in [5.74, 6) is -2.89. The molecule has 5 heteroatoms. The van der Waals surface area contributed by atoms with Gasteiger partial charge in [0.25, 0.3) is 0 Å². The molecule has 0 spiro atoms. The zero-order valence-electron chi connectivity index (χ0n) is 10.2. The third-order valence-corrected chi connectivity index (χ3v) is 2.98. The van der Waals surface area contributed by atoms with Crippen molar-refractivity contribution in [3.8, 4) is 5.75 Å². The van der Waals surface area contributed by atoms with Crippen LogP contribution in [0, 0.1) is 18.6 Å². The first-order valence-electron chi connectivity index (χ1n) is 5.64. The van der Waals surface area contributed by atoms with Gasteiger partial charge < -0.3 is 10.4 Å². The van der Waals surface area contributed by atoms with Crippen LogP contribution in [-0.4, -0.2) is 5.11 Å². The third-order valence-electron chi connectivity index (χ3n) is 2.75. The molecule has 2 aromatic carbocycles. The van der Waals surface area contributed by atoms with Crippen molar-refractivity contribution in [2.75, 3.05) is 5.32 Å². The summed E-state index contributed by atoms with van der Waals surface area (Å²) in [6, 6.07) is 7.51. The topological polar surface area (TPSA) is 32.3 Å². The molecule has 2 nitrogen and oxygen atoms in total. The maximum absolute atomic E-state index is 13.2. The van der Waals surface area contributed by atoms with Gasteiger partial charge in [-0.05, 0) is 48.4 Å². The summed E-state index contributed by atoms with van der Waals surface area (Å²) in [5.41, 5.74) is 2.17. The van der Waals surface area contributed by atoms with Crippen molar-refractivity contribution in [3.63, 3.8) is 0 Å². The SMILES string of the molecule is Cc1cc(Cl)ccc1NCc1cc(F)c(O)c(F)c1. The molecule has 2 rings (SSSR count). The van der Waals surface area contributed by atoms with Gasteiger partial charge in [0.15, 0.2) is 17.4 Å². The van der Waals surface area contributed by atoms with Crippen molar-refractivity contribution in [3.05, 3.63) is 58.1 Å². The normalized spacial score (nSPS) is 10.5. The Morgan fingerprint density at radius 1 is 1.16 bits per heavy atom. The highest BCUT2D eigenvalue weighted by Crippen LogP contribution is 2.23. The molecule has 0 aliphatic heterocycles. The molecular formula is C14H12ClF2NO. The van der Waals surface area contributed by atoms with Crippen LogP contribution in [0.4, 0.5) is 14.5 Å². The van der Waals surface area contributed by atoms with E-state index in [0.29, 0.717) is 10.6 Å². The molecule has 0 aliphatic rings. The van der Waals surface area contributed by atoms with E-state index >= 15 is 0 Å². The van der Waals surface area contributed by atoms with E-state index < -0.39 is 17.4 Å². The lowest BCUT2D eigenvalue weighted by atomic mass is 10.1. The third kappa shape index (κ3) is 3.15. The van der Waals surface area contributed by atoms with Crippen LogP contribution in [-0.2, 0) is 6.54 Å². The number of hydrogen-bond donors (Lipinski definition) is 2. The van der Waals surface area contributed by atoms with Crippen LogP contribution in [0.2, 0.25) is 5.02 Å². The molecule has 100 valence electrons. The van der Waals surface area contributed by atoms with Gasteiger partial charge in [-0.3, -0.25) is 0 Å². The van der Waals surface area contributed by atoms with E-state index in [2.05, 4.69) is 5.32 Å². The number of halogens is 3. The molecule has 0 amide bonds. The highest BCUT2D eigenvalue weighted by Gasteiger charge is 2.09. The van der Waals surface area contributed by atoms with Crippen molar-refractivity contribution < 1.29 is 13.9 Å². The zero-order chi connectivity index (χ0) is 14.0. The van der Waals surface area contributed by atoms with E-state index in [1.165, 1.54) is 0 Å². The lowest BCUT2D eigenvalue weighted by Crippen LogP contribution is -2.02. The minimum Gasteiger partial charge on any atom is -0.503 e. The molecule has 19 heavy (non-hydrogen) atoms. The molecule has 0 aromatic heterocycles. The summed E-state index contributed by atoms with van der Waals surface area (Å²) in [6.07, 6.45) is 0. The molecule has 0 saturated heterocycles. The summed E-state index contributed by atoms with van der Waals surface area (Å²) in [7, 11) is 0. The number of hydrogen-bond acceptors (Lipinski definition) is 2. The molecule has 2 aromatic rings. The second-order valence-corrected chi connectivity index (χ2v) is 4.66. The largest absolute Gasteiger partial charge is 0.503 e. The molecule has 0 atom stereocenters. The van der Waals surface area contributed by atoms with Crippen LogP contribution in [0.15, 0.2) is 30.3 Å². The first-order valence-corrected chi connectivity index (χ1v) is 6.02. The van der Waals surface area contributed by atoms with Gasteiger partial charge in [0, 0.05) is 17.3 Å². The Balaban J connectivity index is 2.14. The first-order chi connectivity index (χ1) is 8.97. The molecule has 0 fully saturated rings. The van der Waals surface area contributed by atoms with Crippen LogP contribution < -0.4 is 5.32 Å². The van der Waals surface area contributed by atoms with Crippen LogP contribution in [0.3, 0.4) is 0 Å². The molecule has 0 radical (unpaired) electrons. The van der Waals surface area contributed by atoms with E-state index in [4.69, 9.17) is 16.7 Å². The molecular weight excluding hydrogens is 272 g/mol. The van der Waals surface area contributed by atoms with Crippen LogP contribution >= 0.6 is 11.6 Å². The molecule has 0 saturated carbocycles. The van der Waals surface area contributed by atoms with Crippen LogP contribution in [0.5, 0.6) is 5.75 Å². The zero-order valence-corrected chi connectivity index (χ0v) is 10.9. The average molecular weight is 284 g/mol. The second kappa shape index (κ2) is 5.45. The smallest absolute Gasteiger partial charge is 0.187 e. The van der Waals surface area contributed by atoms with E-state index in [9.17, 15) is 8.78 Å². The Labute approximate surface area is 114 Å². The Morgan fingerprint density at radius 3 is 2.37 bits per heavy atom. The van der Waals surface area contributed by atoms with Gasteiger partial charge in [0.1, 0.15) is 0 Å². The molecule has 2 N–H and O–H groups in total. The first kappa shape index (κ1) is 13.6. The number of anilines is 1. The van der Waals surface area contributed by atoms with E-state index in [0.717, 1.165) is 23.4 Å². The summed E-state index contributed by atoms with van der Waals surface area (Å²) in [5, 5.41) is 12.7. The van der Waals surface area contributed by atoms with Crippen LogP contribution in [0.25, 0.3) is 0 Å². The van der Waals surface area contributed by atoms with Crippen molar-refractivity contribution in [2.24, 2.45) is 0 Å². The van der Waals surface area contributed by atoms with Crippen LogP contribution in [0.1, 0.15) is 11.1 Å². The van der Waals surface area contributed by atoms with E-state index in [1.807, 2.05) is 6.92 Å². The fourth-order valence-electron chi connectivity index (χ4n) is 1.74. The number of nitrogens with one attached hydrogen (secondary N) is 1. The van der Waals surface area contributed by atoms with E-state index in [-0.39, 0.29) is 6.54 Å². The minimum atomic E-state index is -0.968. The Bertz CT molecular complexity index is 593. The lowest BCUT2D eigenvalue weighted by Gasteiger charge is -2.10. The van der Waals surface area contributed by atoms with Gasteiger partial charge in [0.05, 0.1) is 0 Å². The summed E-state index contributed by atoms with van der Waals surface area (Å²) < 4.78 is 26.3. The van der Waals surface area contributed by atoms with Gasteiger partial charge in [0.2, 0.25) is 0 Å². The standard InChI is InChI=1S/C14H12ClF2NO/c1-8-4-10(15)2-3-13(8)18-7-9-5-11(16)14(19)12(17)6-9/h2-6,18-19H,7H2,1H3. The fraction of sp³-hybridized carbons (Fsp3) is 0.143. The second-order valence-electron chi connectivity index (χ2n) is 4.22. The van der Waals surface area contributed by atoms with Crippen molar-refractivity contribution in [2.45, 2.75) is 13.5 Å². The summed E-state index contributed by atoms with van der Waals surface area (Å²) in [4.78, 5) is 0. The number of rotatable bonds is 3. The van der Waals surface area contributed by atoms with Crippen molar-refractivity contribution >= 4 is 17.3 Å². The number of benzene rings is 2. The summed E-state index contributed by atoms with van der Waals surface area (Å²) >= 11 is 5.84. The molecule has 0 aliphatic carbocycles. The Morgan fingerprint density at radius 2 is 1.79 bits per heavy atom. The quantitative estimate of drug-likeness (QED) is 0.883. The predicted octanol–water partition coefficient (Wildman–Crippen LogP) is 4.24. The van der Waals surface area contributed by atoms with Gasteiger partial charge >= 0.3 is 0 Å². The Hall–Kier alpha value is -1.81. The minimum absolute atomic E-state index is 0.247. The molecule has 0 unspecified atom stereocenters. The lowest BCUT2D eigenvalue weighted by molar-refractivity contribution is 0.395. The summed E-state index contributed by atoms with van der Waals surface area (Å²) in [6.45, 7) is 2.13. The predicted molar refractivity (Wildman–Crippen MR) is 71.5 cm³/mol. The number of aryl methyl sites for hydroxylation is 1. The van der Waals surface area contributed by atoms with Crippen molar-refractivity contribution in [1.82, 2.24) is 0 Å².